The molecule has 164 valence electrons. The zero-order chi connectivity index (χ0) is 22.9. The standard InChI is InChI=1S/C25H23FN2O4/c1-17(29)32-23-10-4-7-20(15-23)25(31)27-16-19-6-3-9-22(14-19)28-24(30)12-11-18-5-2-8-21(26)13-18/h2-10,13-15H,11-12,16H2,1H3,(H,27,31)(H,28,30). The van der Waals surface area contributed by atoms with Crippen LogP contribution in [0, 0.1) is 5.82 Å². The first-order valence-electron chi connectivity index (χ1n) is 10.1. The molecule has 0 fully saturated rings. The number of amides is 2. The van der Waals surface area contributed by atoms with Crippen LogP contribution in [0.4, 0.5) is 10.1 Å². The number of rotatable bonds is 8. The highest BCUT2D eigenvalue weighted by Gasteiger charge is 2.09. The second-order valence-corrected chi connectivity index (χ2v) is 7.18. The SMILES string of the molecule is CC(=O)Oc1cccc(C(=O)NCc2cccc(NC(=O)CCc3cccc(F)c3)c2)c1. The van der Waals surface area contributed by atoms with Gasteiger partial charge in [-0.25, -0.2) is 4.39 Å². The molecule has 3 rings (SSSR count). The predicted molar refractivity (Wildman–Crippen MR) is 119 cm³/mol. The Balaban J connectivity index is 1.52. The highest BCUT2D eigenvalue weighted by atomic mass is 19.1. The lowest BCUT2D eigenvalue weighted by Crippen LogP contribution is -2.23. The van der Waals surface area contributed by atoms with Crippen molar-refractivity contribution in [1.82, 2.24) is 5.32 Å². The fraction of sp³-hybridized carbons (Fsp3) is 0.160. The number of hydrogen-bond donors (Lipinski definition) is 2. The maximum Gasteiger partial charge on any atom is 0.308 e. The van der Waals surface area contributed by atoms with Crippen molar-refractivity contribution >= 4 is 23.5 Å². The molecular formula is C25H23FN2O4. The molecule has 0 radical (unpaired) electrons. The lowest BCUT2D eigenvalue weighted by Gasteiger charge is -2.10. The Bertz CT molecular complexity index is 1130. The van der Waals surface area contributed by atoms with Crippen molar-refractivity contribution in [3.8, 4) is 5.75 Å². The summed E-state index contributed by atoms with van der Waals surface area (Å²) >= 11 is 0. The van der Waals surface area contributed by atoms with E-state index >= 15 is 0 Å². The van der Waals surface area contributed by atoms with Gasteiger partial charge in [0.15, 0.2) is 0 Å². The van der Waals surface area contributed by atoms with Crippen LogP contribution in [0.5, 0.6) is 5.75 Å². The highest BCUT2D eigenvalue weighted by molar-refractivity contribution is 5.94. The molecule has 32 heavy (non-hydrogen) atoms. The van der Waals surface area contributed by atoms with Crippen molar-refractivity contribution in [1.29, 1.82) is 0 Å². The van der Waals surface area contributed by atoms with Crippen LogP contribution in [0.3, 0.4) is 0 Å². The Hall–Kier alpha value is -4.00. The summed E-state index contributed by atoms with van der Waals surface area (Å²) in [5.41, 5.74) is 2.54. The van der Waals surface area contributed by atoms with Crippen LogP contribution in [-0.4, -0.2) is 17.8 Å². The average molecular weight is 434 g/mol. The Morgan fingerprint density at radius 2 is 1.66 bits per heavy atom. The molecule has 0 aliphatic heterocycles. The van der Waals surface area contributed by atoms with E-state index in [1.807, 2.05) is 6.07 Å². The molecule has 7 heteroatoms. The van der Waals surface area contributed by atoms with Crippen molar-refractivity contribution in [3.05, 3.63) is 95.3 Å². The molecule has 3 aromatic carbocycles. The van der Waals surface area contributed by atoms with Gasteiger partial charge in [-0.05, 0) is 60.0 Å². The van der Waals surface area contributed by atoms with Gasteiger partial charge in [-0.2, -0.15) is 0 Å². The fourth-order valence-corrected chi connectivity index (χ4v) is 3.08. The molecule has 0 bridgehead atoms. The largest absolute Gasteiger partial charge is 0.427 e. The average Bonchev–Trinajstić information content (AvgIpc) is 2.76. The highest BCUT2D eigenvalue weighted by Crippen LogP contribution is 2.15. The molecule has 3 aromatic rings. The van der Waals surface area contributed by atoms with Crippen molar-refractivity contribution in [2.75, 3.05) is 5.32 Å². The summed E-state index contributed by atoms with van der Waals surface area (Å²) < 4.78 is 18.2. The third-order valence-electron chi connectivity index (χ3n) is 4.55. The van der Waals surface area contributed by atoms with Crippen molar-refractivity contribution in [2.45, 2.75) is 26.3 Å². The molecule has 0 spiro atoms. The van der Waals surface area contributed by atoms with Gasteiger partial charge < -0.3 is 15.4 Å². The normalized spacial score (nSPS) is 10.3. The Morgan fingerprint density at radius 1 is 0.906 bits per heavy atom. The minimum atomic E-state index is -0.461. The monoisotopic (exact) mass is 434 g/mol. The van der Waals surface area contributed by atoms with E-state index in [-0.39, 0.29) is 30.6 Å². The van der Waals surface area contributed by atoms with Crippen LogP contribution >= 0.6 is 0 Å². The number of benzene rings is 3. The third kappa shape index (κ3) is 7.05. The molecule has 0 heterocycles. The number of nitrogens with one attached hydrogen (secondary N) is 2. The first kappa shape index (κ1) is 22.7. The maximum absolute atomic E-state index is 13.2. The molecule has 0 aliphatic carbocycles. The van der Waals surface area contributed by atoms with Gasteiger partial charge in [-0.3, -0.25) is 14.4 Å². The summed E-state index contributed by atoms with van der Waals surface area (Å²) in [7, 11) is 0. The van der Waals surface area contributed by atoms with Crippen molar-refractivity contribution in [2.24, 2.45) is 0 Å². The molecule has 2 N–H and O–H groups in total. The van der Waals surface area contributed by atoms with Gasteiger partial charge in [-0.1, -0.05) is 30.3 Å². The summed E-state index contributed by atoms with van der Waals surface area (Å²) in [4.78, 5) is 35.7. The number of hydrogen-bond acceptors (Lipinski definition) is 4. The van der Waals surface area contributed by atoms with Crippen LogP contribution < -0.4 is 15.4 Å². The molecule has 0 saturated carbocycles. The molecule has 6 nitrogen and oxygen atoms in total. The number of esters is 1. The van der Waals surface area contributed by atoms with E-state index in [2.05, 4.69) is 10.6 Å². The van der Waals surface area contributed by atoms with E-state index in [4.69, 9.17) is 4.74 Å². The van der Waals surface area contributed by atoms with Gasteiger partial charge in [0.05, 0.1) is 0 Å². The van der Waals surface area contributed by atoms with Crippen LogP contribution in [-0.2, 0) is 22.6 Å². The van der Waals surface area contributed by atoms with Crippen LogP contribution in [0.1, 0.15) is 34.8 Å². The van der Waals surface area contributed by atoms with Crippen molar-refractivity contribution < 1.29 is 23.5 Å². The van der Waals surface area contributed by atoms with Gasteiger partial charge in [0.2, 0.25) is 5.91 Å². The van der Waals surface area contributed by atoms with Crippen LogP contribution in [0.15, 0.2) is 72.8 Å². The van der Waals surface area contributed by atoms with E-state index in [1.54, 1.807) is 48.5 Å². The molecule has 0 saturated heterocycles. The van der Waals surface area contributed by atoms with E-state index in [0.29, 0.717) is 23.4 Å². The Morgan fingerprint density at radius 3 is 2.44 bits per heavy atom. The van der Waals surface area contributed by atoms with Crippen LogP contribution in [0.25, 0.3) is 0 Å². The van der Waals surface area contributed by atoms with Gasteiger partial charge in [0, 0.05) is 31.1 Å². The zero-order valence-corrected chi connectivity index (χ0v) is 17.6. The Kier molecular flexibility index (Phi) is 7.70. The molecule has 2 amide bonds. The zero-order valence-electron chi connectivity index (χ0n) is 17.6. The number of ether oxygens (including phenoxy) is 1. The number of aryl methyl sites for hydroxylation is 1. The lowest BCUT2D eigenvalue weighted by atomic mass is 10.1. The minimum absolute atomic E-state index is 0.183. The number of halogens is 1. The summed E-state index contributed by atoms with van der Waals surface area (Å²) in [5, 5.41) is 5.62. The molecule has 0 unspecified atom stereocenters. The third-order valence-corrected chi connectivity index (χ3v) is 4.55. The smallest absolute Gasteiger partial charge is 0.308 e. The summed E-state index contributed by atoms with van der Waals surface area (Å²) in [6, 6.07) is 19.7. The summed E-state index contributed by atoms with van der Waals surface area (Å²) in [6.07, 6.45) is 0.662. The topological polar surface area (TPSA) is 84.5 Å². The lowest BCUT2D eigenvalue weighted by molar-refractivity contribution is -0.131. The molecule has 0 atom stereocenters. The van der Waals surface area contributed by atoms with E-state index in [1.165, 1.54) is 25.1 Å². The number of anilines is 1. The van der Waals surface area contributed by atoms with Gasteiger partial charge in [0.25, 0.3) is 5.91 Å². The van der Waals surface area contributed by atoms with Gasteiger partial charge in [0.1, 0.15) is 11.6 Å². The number of carbonyl (C=O) groups excluding carboxylic acids is 3. The van der Waals surface area contributed by atoms with Gasteiger partial charge in [-0.15, -0.1) is 0 Å². The minimum Gasteiger partial charge on any atom is -0.427 e. The van der Waals surface area contributed by atoms with E-state index in [9.17, 15) is 18.8 Å². The first-order chi connectivity index (χ1) is 15.4. The van der Waals surface area contributed by atoms with Gasteiger partial charge >= 0.3 is 5.97 Å². The summed E-state index contributed by atoms with van der Waals surface area (Å²) in [6.45, 7) is 1.55. The first-order valence-corrected chi connectivity index (χ1v) is 10.1. The molecule has 0 aliphatic rings. The predicted octanol–water partition coefficient (Wildman–Crippen LogP) is 4.25. The fourth-order valence-electron chi connectivity index (χ4n) is 3.08. The maximum atomic E-state index is 13.2. The second-order valence-electron chi connectivity index (χ2n) is 7.18. The van der Waals surface area contributed by atoms with E-state index < -0.39 is 5.97 Å². The molecule has 0 aromatic heterocycles. The quantitative estimate of drug-likeness (QED) is 0.410. The van der Waals surface area contributed by atoms with Crippen molar-refractivity contribution in [3.63, 3.8) is 0 Å². The molecular weight excluding hydrogens is 411 g/mol. The number of carbonyl (C=O) groups is 3. The summed E-state index contributed by atoms with van der Waals surface area (Å²) in [5.74, 6) is -0.984. The van der Waals surface area contributed by atoms with E-state index in [0.717, 1.165) is 11.1 Å². The Labute approximate surface area is 185 Å². The second kappa shape index (κ2) is 10.9. The van der Waals surface area contributed by atoms with Crippen LogP contribution in [0.2, 0.25) is 0 Å².